The van der Waals surface area contributed by atoms with Crippen molar-refractivity contribution in [2.24, 2.45) is 0 Å². The second-order valence-corrected chi connectivity index (χ2v) is 5.45. The lowest BCUT2D eigenvalue weighted by Crippen LogP contribution is -2.41. The number of oxazole rings is 1. The van der Waals surface area contributed by atoms with Crippen LogP contribution in [-0.2, 0) is 0 Å². The molecule has 0 bridgehead atoms. The Morgan fingerprint density at radius 2 is 1.83 bits per heavy atom. The zero-order valence-corrected chi connectivity index (χ0v) is 12.7. The van der Waals surface area contributed by atoms with Crippen molar-refractivity contribution in [3.63, 3.8) is 0 Å². The molecule has 8 heteroatoms. The Bertz CT molecular complexity index is 731. The Kier molecular flexibility index (Phi) is 4.37. The van der Waals surface area contributed by atoms with Crippen LogP contribution in [0.5, 0.6) is 5.75 Å². The number of aromatic carboxylic acids is 1. The molecular weight excluding hydrogens is 316 g/mol. The van der Waals surface area contributed by atoms with Crippen molar-refractivity contribution in [2.45, 2.75) is 18.9 Å². The number of carbonyl (C=O) groups is 2. The van der Waals surface area contributed by atoms with Crippen LogP contribution < -0.4 is 4.74 Å². The number of amides is 1. The number of piperidine rings is 1. The number of hydrogen-bond donors (Lipinski definition) is 2. The second kappa shape index (κ2) is 6.61. The molecule has 2 aromatic rings. The van der Waals surface area contributed by atoms with Crippen LogP contribution in [0.1, 0.15) is 23.3 Å². The predicted molar refractivity (Wildman–Crippen MR) is 82.1 cm³/mol. The van der Waals surface area contributed by atoms with E-state index in [-0.39, 0.29) is 17.7 Å². The quantitative estimate of drug-likeness (QED) is 0.884. The number of likely N-dealkylation sites (tertiary alicyclic amines) is 1. The minimum atomic E-state index is -1.14. The van der Waals surface area contributed by atoms with E-state index in [1.165, 1.54) is 4.90 Å². The predicted octanol–water partition coefficient (Wildman–Crippen LogP) is 2.56. The maximum atomic E-state index is 10.9. The van der Waals surface area contributed by atoms with Crippen molar-refractivity contribution in [1.82, 2.24) is 9.88 Å². The largest absolute Gasteiger partial charge is 0.490 e. The van der Waals surface area contributed by atoms with Crippen molar-refractivity contribution in [2.75, 3.05) is 13.1 Å². The zero-order chi connectivity index (χ0) is 17.1. The van der Waals surface area contributed by atoms with E-state index in [1.807, 2.05) is 0 Å². The molecule has 1 aromatic carbocycles. The van der Waals surface area contributed by atoms with Gasteiger partial charge in [0.25, 0.3) is 0 Å². The van der Waals surface area contributed by atoms with E-state index in [9.17, 15) is 9.59 Å². The normalized spacial score (nSPS) is 15.2. The summed E-state index contributed by atoms with van der Waals surface area (Å²) in [5.74, 6) is -0.246. The highest BCUT2D eigenvalue weighted by Crippen LogP contribution is 2.24. The molecule has 24 heavy (non-hydrogen) atoms. The molecular formula is C16H16N2O6. The van der Waals surface area contributed by atoms with E-state index < -0.39 is 12.1 Å². The van der Waals surface area contributed by atoms with Crippen LogP contribution in [-0.4, -0.2) is 51.4 Å². The molecule has 1 saturated heterocycles. The first-order chi connectivity index (χ1) is 11.5. The molecule has 1 aliphatic heterocycles. The van der Waals surface area contributed by atoms with E-state index in [2.05, 4.69) is 4.98 Å². The molecule has 0 saturated carbocycles. The highest BCUT2D eigenvalue weighted by molar-refractivity contribution is 5.85. The van der Waals surface area contributed by atoms with E-state index in [0.717, 1.165) is 6.26 Å². The van der Waals surface area contributed by atoms with Gasteiger partial charge in [-0.25, -0.2) is 14.6 Å². The molecule has 0 spiro atoms. The van der Waals surface area contributed by atoms with Gasteiger partial charge < -0.3 is 24.3 Å². The Morgan fingerprint density at radius 3 is 2.38 bits per heavy atom. The summed E-state index contributed by atoms with van der Waals surface area (Å²) in [6, 6.07) is 6.98. The van der Waals surface area contributed by atoms with Gasteiger partial charge in [0.05, 0.1) is 0 Å². The molecule has 2 heterocycles. The van der Waals surface area contributed by atoms with E-state index >= 15 is 0 Å². The second-order valence-electron chi connectivity index (χ2n) is 5.45. The molecule has 1 aliphatic rings. The number of carboxylic acid groups (broad SMARTS) is 2. The highest BCUT2D eigenvalue weighted by Gasteiger charge is 2.23. The molecule has 2 N–H and O–H groups in total. The number of nitrogens with zero attached hydrogens (tertiary/aromatic N) is 2. The molecule has 1 amide bonds. The van der Waals surface area contributed by atoms with Gasteiger partial charge in [-0.1, -0.05) is 0 Å². The van der Waals surface area contributed by atoms with Gasteiger partial charge in [-0.15, -0.1) is 0 Å². The van der Waals surface area contributed by atoms with Crippen LogP contribution in [0.25, 0.3) is 11.5 Å². The standard InChI is InChI=1S/C16H16N2O6/c19-15(20)13-9-23-14(17-13)10-1-3-11(4-2-10)24-12-5-7-18(8-6-12)16(21)22/h1-4,9,12H,5-8H2,(H,19,20)(H,21,22). The topological polar surface area (TPSA) is 113 Å². The fraction of sp³-hybridized carbons (Fsp3) is 0.312. The average molecular weight is 332 g/mol. The Hall–Kier alpha value is -3.03. The molecule has 3 rings (SSSR count). The van der Waals surface area contributed by atoms with Crippen molar-refractivity contribution in [1.29, 1.82) is 0 Å². The van der Waals surface area contributed by atoms with Crippen molar-refractivity contribution in [3.8, 4) is 17.2 Å². The minimum Gasteiger partial charge on any atom is -0.490 e. The van der Waals surface area contributed by atoms with E-state index in [4.69, 9.17) is 19.4 Å². The van der Waals surface area contributed by atoms with Gasteiger partial charge in [-0.2, -0.15) is 0 Å². The van der Waals surface area contributed by atoms with Crippen molar-refractivity contribution in [3.05, 3.63) is 36.2 Å². The van der Waals surface area contributed by atoms with Crippen molar-refractivity contribution < 1.29 is 29.0 Å². The van der Waals surface area contributed by atoms with Gasteiger partial charge in [0.2, 0.25) is 5.89 Å². The number of hydrogen-bond acceptors (Lipinski definition) is 5. The number of carboxylic acids is 1. The first-order valence-corrected chi connectivity index (χ1v) is 7.46. The fourth-order valence-corrected chi connectivity index (χ4v) is 2.54. The van der Waals surface area contributed by atoms with Crippen LogP contribution in [0.15, 0.2) is 34.9 Å². The summed E-state index contributed by atoms with van der Waals surface area (Å²) in [6.45, 7) is 0.929. The smallest absolute Gasteiger partial charge is 0.407 e. The SMILES string of the molecule is O=C(O)c1coc(-c2ccc(OC3CCN(C(=O)O)CC3)cc2)n1. The van der Waals surface area contributed by atoms with Crippen LogP contribution in [0.2, 0.25) is 0 Å². The summed E-state index contributed by atoms with van der Waals surface area (Å²) in [5, 5.41) is 17.8. The average Bonchev–Trinajstić information content (AvgIpc) is 3.06. The first kappa shape index (κ1) is 15.9. The van der Waals surface area contributed by atoms with Crippen LogP contribution in [0.4, 0.5) is 4.79 Å². The summed E-state index contributed by atoms with van der Waals surface area (Å²) in [4.78, 5) is 26.9. The molecule has 1 aromatic heterocycles. The lowest BCUT2D eigenvalue weighted by Gasteiger charge is -2.30. The number of ether oxygens (including phenoxy) is 1. The van der Waals surface area contributed by atoms with Gasteiger partial charge in [0, 0.05) is 31.5 Å². The van der Waals surface area contributed by atoms with Gasteiger partial charge >= 0.3 is 12.1 Å². The Morgan fingerprint density at radius 1 is 1.17 bits per heavy atom. The molecule has 0 atom stereocenters. The molecule has 126 valence electrons. The lowest BCUT2D eigenvalue weighted by molar-refractivity contribution is 0.0690. The third kappa shape index (κ3) is 3.48. The Balaban J connectivity index is 1.60. The highest BCUT2D eigenvalue weighted by atomic mass is 16.5. The molecule has 0 unspecified atom stereocenters. The maximum absolute atomic E-state index is 10.9. The summed E-state index contributed by atoms with van der Waals surface area (Å²) in [6.07, 6.45) is 1.47. The summed E-state index contributed by atoms with van der Waals surface area (Å²) >= 11 is 0. The molecule has 1 fully saturated rings. The third-order valence-electron chi connectivity index (χ3n) is 3.84. The van der Waals surface area contributed by atoms with Crippen molar-refractivity contribution >= 4 is 12.1 Å². The maximum Gasteiger partial charge on any atom is 0.407 e. The number of aromatic nitrogens is 1. The van der Waals surface area contributed by atoms with Crippen LogP contribution in [0, 0.1) is 0 Å². The van der Waals surface area contributed by atoms with E-state index in [0.29, 0.717) is 37.2 Å². The van der Waals surface area contributed by atoms with Gasteiger partial charge in [0.15, 0.2) is 5.69 Å². The number of rotatable bonds is 4. The summed E-state index contributed by atoms with van der Waals surface area (Å²) < 4.78 is 11.0. The van der Waals surface area contributed by atoms with Crippen LogP contribution in [0.3, 0.4) is 0 Å². The third-order valence-corrected chi connectivity index (χ3v) is 3.84. The van der Waals surface area contributed by atoms with Crippen LogP contribution >= 0.6 is 0 Å². The number of benzene rings is 1. The molecule has 0 radical (unpaired) electrons. The minimum absolute atomic E-state index is 0.0215. The van der Waals surface area contributed by atoms with Gasteiger partial charge in [0.1, 0.15) is 18.1 Å². The first-order valence-electron chi connectivity index (χ1n) is 7.46. The Labute approximate surface area is 137 Å². The fourth-order valence-electron chi connectivity index (χ4n) is 2.54. The lowest BCUT2D eigenvalue weighted by atomic mass is 10.1. The summed E-state index contributed by atoms with van der Waals surface area (Å²) in [5.41, 5.74) is 0.506. The van der Waals surface area contributed by atoms with Gasteiger partial charge in [-0.05, 0) is 24.3 Å². The van der Waals surface area contributed by atoms with E-state index in [1.54, 1.807) is 24.3 Å². The monoisotopic (exact) mass is 332 g/mol. The molecule has 8 nitrogen and oxygen atoms in total. The summed E-state index contributed by atoms with van der Waals surface area (Å²) in [7, 11) is 0. The zero-order valence-electron chi connectivity index (χ0n) is 12.7. The molecule has 0 aliphatic carbocycles. The van der Waals surface area contributed by atoms with Gasteiger partial charge in [-0.3, -0.25) is 0 Å².